The molecule has 1 fully saturated rings. The van der Waals surface area contributed by atoms with Gasteiger partial charge in [0.1, 0.15) is 0 Å². The zero-order valence-corrected chi connectivity index (χ0v) is 11.1. The highest BCUT2D eigenvalue weighted by atomic mass is 32.1. The second-order valence-corrected chi connectivity index (χ2v) is 5.36. The number of carbonyl (C=O) groups excluding carboxylic acids is 1. The fraction of sp³-hybridized carbons (Fsp3) is 0.308. The minimum atomic E-state index is -0.0385. The maximum Gasteiger partial charge on any atom is 0.228 e. The number of hydrogen-bond donors (Lipinski definition) is 1. The number of carbonyl (C=O) groups is 1. The van der Waals surface area contributed by atoms with Crippen molar-refractivity contribution in [1.82, 2.24) is 15.3 Å². The van der Waals surface area contributed by atoms with Gasteiger partial charge in [-0.05, 0) is 24.7 Å². The second kappa shape index (κ2) is 4.97. The van der Waals surface area contributed by atoms with E-state index in [0.29, 0.717) is 18.2 Å². The molecular weight excluding hydrogens is 260 g/mol. The summed E-state index contributed by atoms with van der Waals surface area (Å²) in [7, 11) is 0. The van der Waals surface area contributed by atoms with Crippen molar-refractivity contribution >= 4 is 32.7 Å². The lowest BCUT2D eigenvalue weighted by molar-refractivity contribution is -0.123. The van der Waals surface area contributed by atoms with Crippen molar-refractivity contribution in [1.29, 1.82) is 0 Å². The van der Waals surface area contributed by atoms with E-state index < -0.39 is 0 Å². The van der Waals surface area contributed by atoms with Crippen molar-refractivity contribution < 1.29 is 6.17 Å². The van der Waals surface area contributed by atoms with E-state index in [-0.39, 0.29) is 11.8 Å². The molecule has 1 amide bonds. The Morgan fingerprint density at radius 1 is 1.74 bits per heavy atom. The Bertz CT molecular complexity index is 671. The third-order valence-electron chi connectivity index (χ3n) is 3.16. The summed E-state index contributed by atoms with van der Waals surface area (Å²) < 4.78 is 8.64. The minimum absolute atomic E-state index is 0.00270. The number of anilines is 1. The molecule has 0 radical (unpaired) electrons. The third-order valence-corrected chi connectivity index (χ3v) is 4.19. The Labute approximate surface area is 116 Å². The molecule has 1 N–H and O–H groups in total. The number of rotatable bonds is 3. The lowest BCUT2D eigenvalue weighted by atomic mass is 10.1. The number of hydrogen-bond acceptors (Lipinski definition) is 5. The first-order valence-corrected chi connectivity index (χ1v) is 6.89. The summed E-state index contributed by atoms with van der Waals surface area (Å²) in [5.41, 5.74) is 0.608. The van der Waals surface area contributed by atoms with E-state index >= 15 is 0 Å². The Morgan fingerprint density at radius 2 is 2.63 bits per heavy atom. The van der Waals surface area contributed by atoms with Gasteiger partial charge in [0.2, 0.25) is 5.91 Å². The molecule has 1 aliphatic rings. The smallest absolute Gasteiger partial charge is 0.228 e. The van der Waals surface area contributed by atoms with Crippen LogP contribution < -0.4 is 10.2 Å². The van der Waals surface area contributed by atoms with Gasteiger partial charge in [-0.25, -0.2) is 4.98 Å². The Balaban J connectivity index is 1.81. The van der Waals surface area contributed by atoms with Gasteiger partial charge >= 0.3 is 0 Å². The molecule has 1 unspecified atom stereocenters. The SMILES string of the molecule is [3H]c1ccnc2nc(N3CCC(C(=O)NC=C)C3)sc12. The van der Waals surface area contributed by atoms with E-state index in [2.05, 4.69) is 26.8 Å². The molecule has 1 atom stereocenters. The van der Waals surface area contributed by atoms with Crippen LogP contribution in [0.4, 0.5) is 5.13 Å². The van der Waals surface area contributed by atoms with Crippen LogP contribution in [0.5, 0.6) is 0 Å². The molecule has 0 bridgehead atoms. The molecular formula is C13H14N4OS. The fourth-order valence-electron chi connectivity index (χ4n) is 2.21. The molecule has 5 nitrogen and oxygen atoms in total. The number of aromatic nitrogens is 2. The van der Waals surface area contributed by atoms with Crippen molar-refractivity contribution in [2.24, 2.45) is 5.92 Å². The van der Waals surface area contributed by atoms with Gasteiger partial charge < -0.3 is 10.2 Å². The summed E-state index contributed by atoms with van der Waals surface area (Å²) in [5.74, 6) is -0.0358. The predicted octanol–water partition coefficient (Wildman–Crippen LogP) is 1.78. The molecule has 98 valence electrons. The van der Waals surface area contributed by atoms with E-state index in [1.165, 1.54) is 17.5 Å². The van der Waals surface area contributed by atoms with Gasteiger partial charge in [0.25, 0.3) is 0 Å². The van der Waals surface area contributed by atoms with Crippen LogP contribution in [-0.4, -0.2) is 29.0 Å². The maximum absolute atomic E-state index is 11.8. The Hall–Kier alpha value is -1.95. The number of fused-ring (bicyclic) bond motifs is 1. The summed E-state index contributed by atoms with van der Waals surface area (Å²) >= 11 is 1.46. The standard InChI is InChI=1S/C13H14N4OS/c1-2-14-12(18)9-5-7-17(8-9)13-16-11-10(19-13)4-3-6-15-11/h2-4,6,9H,1,5,7-8H2,(H,14,18)/i4T. The number of nitrogens with zero attached hydrogens (tertiary/aromatic N) is 3. The monoisotopic (exact) mass is 276 g/mol. The highest BCUT2D eigenvalue weighted by Crippen LogP contribution is 2.31. The number of thiazole rings is 1. The van der Waals surface area contributed by atoms with Crippen LogP contribution in [0.3, 0.4) is 0 Å². The quantitative estimate of drug-likeness (QED) is 0.928. The van der Waals surface area contributed by atoms with E-state index in [9.17, 15) is 4.79 Å². The van der Waals surface area contributed by atoms with Crippen molar-refractivity contribution in [2.75, 3.05) is 18.0 Å². The van der Waals surface area contributed by atoms with Crippen LogP contribution in [0.1, 0.15) is 7.79 Å². The third kappa shape index (κ3) is 2.31. The Morgan fingerprint density at radius 3 is 3.42 bits per heavy atom. The van der Waals surface area contributed by atoms with E-state index in [1.807, 2.05) is 0 Å². The molecule has 6 heteroatoms. The number of pyridine rings is 1. The van der Waals surface area contributed by atoms with Crippen LogP contribution >= 0.6 is 11.3 Å². The summed E-state index contributed by atoms with van der Waals surface area (Å²) in [6, 6.07) is 2.10. The molecule has 0 aliphatic carbocycles. The van der Waals surface area contributed by atoms with Crippen molar-refractivity contribution in [3.8, 4) is 0 Å². The van der Waals surface area contributed by atoms with Crippen molar-refractivity contribution in [3.63, 3.8) is 0 Å². The summed E-state index contributed by atoms with van der Waals surface area (Å²) in [5, 5.41) is 3.47. The van der Waals surface area contributed by atoms with Crippen LogP contribution in [-0.2, 0) is 4.79 Å². The van der Waals surface area contributed by atoms with Gasteiger partial charge in [-0.2, -0.15) is 4.98 Å². The zero-order valence-electron chi connectivity index (χ0n) is 11.3. The van der Waals surface area contributed by atoms with E-state index in [0.717, 1.165) is 22.8 Å². The number of amides is 1. The Kier molecular flexibility index (Phi) is 2.86. The first kappa shape index (κ1) is 10.9. The normalized spacial score (nSPS) is 19.5. The second-order valence-electron chi connectivity index (χ2n) is 4.38. The van der Waals surface area contributed by atoms with Gasteiger partial charge in [0.15, 0.2) is 10.8 Å². The van der Waals surface area contributed by atoms with E-state index in [1.54, 1.807) is 12.3 Å². The van der Waals surface area contributed by atoms with Gasteiger partial charge in [0, 0.05) is 19.3 Å². The minimum Gasteiger partial charge on any atom is -0.347 e. The predicted molar refractivity (Wildman–Crippen MR) is 76.1 cm³/mol. The van der Waals surface area contributed by atoms with Crippen molar-refractivity contribution in [2.45, 2.75) is 6.42 Å². The van der Waals surface area contributed by atoms with Crippen LogP contribution in [0, 0.1) is 5.92 Å². The van der Waals surface area contributed by atoms with Crippen LogP contribution in [0.25, 0.3) is 10.3 Å². The van der Waals surface area contributed by atoms with Crippen LogP contribution in [0.15, 0.2) is 31.1 Å². The first-order valence-electron chi connectivity index (χ1n) is 6.57. The molecule has 0 saturated carbocycles. The summed E-state index contributed by atoms with van der Waals surface area (Å²) in [6.45, 7) is 4.94. The zero-order chi connectivity index (χ0) is 14.1. The largest absolute Gasteiger partial charge is 0.347 e. The molecule has 19 heavy (non-hydrogen) atoms. The lowest BCUT2D eigenvalue weighted by Gasteiger charge is -2.13. The molecule has 3 rings (SSSR count). The lowest BCUT2D eigenvalue weighted by Crippen LogP contribution is -2.29. The highest BCUT2D eigenvalue weighted by molar-refractivity contribution is 7.22. The van der Waals surface area contributed by atoms with Crippen LogP contribution in [0.2, 0.25) is 0 Å². The van der Waals surface area contributed by atoms with Crippen molar-refractivity contribution in [3.05, 3.63) is 31.1 Å². The van der Waals surface area contributed by atoms with Gasteiger partial charge in [-0.3, -0.25) is 4.79 Å². The molecule has 2 aromatic heterocycles. The highest BCUT2D eigenvalue weighted by Gasteiger charge is 2.29. The molecule has 1 saturated heterocycles. The van der Waals surface area contributed by atoms with Gasteiger partial charge in [-0.1, -0.05) is 17.9 Å². The summed E-state index contributed by atoms with van der Waals surface area (Å²) in [4.78, 5) is 22.5. The summed E-state index contributed by atoms with van der Waals surface area (Å²) in [6.07, 6.45) is 3.81. The van der Waals surface area contributed by atoms with E-state index in [4.69, 9.17) is 1.37 Å². The van der Waals surface area contributed by atoms with Gasteiger partial charge in [-0.15, -0.1) is 0 Å². The fourth-order valence-corrected chi connectivity index (χ4v) is 3.13. The molecule has 1 aliphatic heterocycles. The maximum atomic E-state index is 11.8. The average molecular weight is 276 g/mol. The first-order chi connectivity index (χ1) is 9.69. The molecule has 0 aromatic carbocycles. The molecule has 3 heterocycles. The average Bonchev–Trinajstić information content (AvgIpc) is 3.06. The topological polar surface area (TPSA) is 58.1 Å². The van der Waals surface area contributed by atoms with Gasteiger partial charge in [0.05, 0.1) is 12.0 Å². The molecule has 0 spiro atoms. The molecule has 2 aromatic rings. The number of nitrogens with one attached hydrogen (secondary N) is 1.